The number of aliphatic carboxylic acids is 1. The molecule has 0 bridgehead atoms. The quantitative estimate of drug-likeness (QED) is 0.484. The van der Waals surface area contributed by atoms with Crippen LogP contribution < -0.4 is 16.0 Å². The first-order valence-corrected chi connectivity index (χ1v) is 9.37. The van der Waals surface area contributed by atoms with Gasteiger partial charge < -0.3 is 9.84 Å². The molecule has 3 aromatic rings. The third-order valence-corrected chi connectivity index (χ3v) is 4.98. The number of benzene rings is 1. The number of rotatable bonds is 6. The number of carboxylic acid groups (broad SMARTS) is 1. The van der Waals surface area contributed by atoms with Gasteiger partial charge in [-0.1, -0.05) is 11.8 Å². The SMILES string of the molecule is CCOc1ccc(-c2nc(SCC(=O)O)c3c(=O)n(C)c(=O)n(C)c3n2)cc1. The van der Waals surface area contributed by atoms with Gasteiger partial charge in [0.2, 0.25) is 0 Å². The normalized spacial score (nSPS) is 11.0. The van der Waals surface area contributed by atoms with E-state index in [0.29, 0.717) is 17.9 Å². The fraction of sp³-hybridized carbons (Fsp3) is 0.278. The van der Waals surface area contributed by atoms with Crippen molar-refractivity contribution in [2.24, 2.45) is 14.1 Å². The highest BCUT2D eigenvalue weighted by atomic mass is 32.2. The van der Waals surface area contributed by atoms with Crippen molar-refractivity contribution in [3.63, 3.8) is 0 Å². The van der Waals surface area contributed by atoms with Crippen molar-refractivity contribution in [2.75, 3.05) is 12.4 Å². The van der Waals surface area contributed by atoms with Crippen molar-refractivity contribution in [3.8, 4) is 17.1 Å². The first kappa shape index (κ1) is 19.6. The molecule has 0 saturated heterocycles. The van der Waals surface area contributed by atoms with E-state index >= 15 is 0 Å². The van der Waals surface area contributed by atoms with Crippen LogP contribution in [0.3, 0.4) is 0 Å². The maximum absolute atomic E-state index is 12.6. The van der Waals surface area contributed by atoms with Crippen molar-refractivity contribution in [3.05, 3.63) is 45.1 Å². The second-order valence-electron chi connectivity index (χ2n) is 5.90. The van der Waals surface area contributed by atoms with Crippen molar-refractivity contribution in [1.82, 2.24) is 19.1 Å². The minimum absolute atomic E-state index is 0.116. The molecule has 2 aromatic heterocycles. The standard InChI is InChI=1S/C18H18N4O5S/c1-4-27-11-7-5-10(6-8-11)14-19-15-13(16(20-14)28-9-12(23)24)17(25)22(3)18(26)21(15)2/h5-8H,4,9H2,1-3H3,(H,23,24). The van der Waals surface area contributed by atoms with E-state index in [0.717, 1.165) is 16.3 Å². The van der Waals surface area contributed by atoms with Crippen LogP contribution in [-0.4, -0.2) is 42.5 Å². The van der Waals surface area contributed by atoms with Crippen LogP contribution in [0, 0.1) is 0 Å². The maximum Gasteiger partial charge on any atom is 0.332 e. The average molecular weight is 402 g/mol. The fourth-order valence-electron chi connectivity index (χ4n) is 2.66. The van der Waals surface area contributed by atoms with E-state index in [4.69, 9.17) is 9.84 Å². The molecule has 0 unspecified atom stereocenters. The molecule has 9 nitrogen and oxygen atoms in total. The van der Waals surface area contributed by atoms with Gasteiger partial charge in [-0.15, -0.1) is 0 Å². The lowest BCUT2D eigenvalue weighted by atomic mass is 10.2. The Labute approximate surface area is 163 Å². The second kappa shape index (κ2) is 7.85. The molecule has 0 saturated carbocycles. The Kier molecular flexibility index (Phi) is 5.50. The fourth-order valence-corrected chi connectivity index (χ4v) is 3.39. The smallest absolute Gasteiger partial charge is 0.332 e. The zero-order valence-corrected chi connectivity index (χ0v) is 16.3. The van der Waals surface area contributed by atoms with Crippen LogP contribution >= 0.6 is 11.8 Å². The number of aromatic nitrogens is 4. The zero-order valence-electron chi connectivity index (χ0n) is 15.5. The molecule has 0 aliphatic carbocycles. The summed E-state index contributed by atoms with van der Waals surface area (Å²) in [5, 5.41) is 9.35. The van der Waals surface area contributed by atoms with E-state index in [1.165, 1.54) is 18.7 Å². The van der Waals surface area contributed by atoms with E-state index in [1.807, 2.05) is 6.92 Å². The Morgan fingerprint density at radius 3 is 2.43 bits per heavy atom. The first-order valence-electron chi connectivity index (χ1n) is 8.39. The average Bonchev–Trinajstić information content (AvgIpc) is 2.69. The lowest BCUT2D eigenvalue weighted by molar-refractivity contribution is -0.133. The molecule has 0 radical (unpaired) electrons. The molecule has 1 aromatic carbocycles. The number of fused-ring (bicyclic) bond motifs is 1. The summed E-state index contributed by atoms with van der Waals surface area (Å²) in [5.74, 6) is -0.345. The molecular formula is C18H18N4O5S. The highest BCUT2D eigenvalue weighted by Gasteiger charge is 2.19. The summed E-state index contributed by atoms with van der Waals surface area (Å²) in [7, 11) is 2.86. The molecule has 28 heavy (non-hydrogen) atoms. The largest absolute Gasteiger partial charge is 0.494 e. The Balaban J connectivity index is 2.26. The van der Waals surface area contributed by atoms with Crippen LogP contribution in [0.25, 0.3) is 22.4 Å². The van der Waals surface area contributed by atoms with Crippen LogP contribution in [0.5, 0.6) is 5.75 Å². The Hall–Kier alpha value is -3.14. The minimum atomic E-state index is -1.04. The molecule has 3 rings (SSSR count). The highest BCUT2D eigenvalue weighted by molar-refractivity contribution is 8.00. The Morgan fingerprint density at radius 2 is 1.82 bits per heavy atom. The Bertz CT molecular complexity index is 1170. The van der Waals surface area contributed by atoms with Crippen molar-refractivity contribution in [2.45, 2.75) is 11.9 Å². The van der Waals surface area contributed by atoms with Gasteiger partial charge in [0.1, 0.15) is 16.2 Å². The van der Waals surface area contributed by atoms with E-state index in [-0.39, 0.29) is 27.6 Å². The molecule has 2 heterocycles. The molecular weight excluding hydrogens is 384 g/mol. The monoisotopic (exact) mass is 402 g/mol. The van der Waals surface area contributed by atoms with Crippen LogP contribution in [0.2, 0.25) is 0 Å². The summed E-state index contributed by atoms with van der Waals surface area (Å²) in [6, 6.07) is 7.05. The van der Waals surface area contributed by atoms with Gasteiger partial charge in [0.05, 0.1) is 12.4 Å². The third kappa shape index (κ3) is 3.63. The minimum Gasteiger partial charge on any atom is -0.494 e. The highest BCUT2D eigenvalue weighted by Crippen LogP contribution is 2.27. The number of carbonyl (C=O) groups is 1. The summed E-state index contributed by atoms with van der Waals surface area (Å²) in [5.41, 5.74) is -0.289. The summed E-state index contributed by atoms with van der Waals surface area (Å²) in [6.07, 6.45) is 0. The summed E-state index contributed by atoms with van der Waals surface area (Å²) in [4.78, 5) is 44.8. The van der Waals surface area contributed by atoms with Crippen LogP contribution in [0.4, 0.5) is 0 Å². The van der Waals surface area contributed by atoms with Gasteiger partial charge in [0.15, 0.2) is 11.5 Å². The predicted octanol–water partition coefficient (Wildman–Crippen LogP) is 1.27. The number of thioether (sulfide) groups is 1. The molecule has 10 heteroatoms. The van der Waals surface area contributed by atoms with E-state index < -0.39 is 17.2 Å². The molecule has 0 aliphatic heterocycles. The summed E-state index contributed by atoms with van der Waals surface area (Å²) < 4.78 is 7.62. The molecule has 146 valence electrons. The molecule has 1 N–H and O–H groups in total. The molecule has 0 aliphatic rings. The van der Waals surface area contributed by atoms with Gasteiger partial charge in [-0.25, -0.2) is 14.8 Å². The van der Waals surface area contributed by atoms with Gasteiger partial charge >= 0.3 is 11.7 Å². The van der Waals surface area contributed by atoms with Gasteiger partial charge in [0, 0.05) is 19.7 Å². The van der Waals surface area contributed by atoms with E-state index in [9.17, 15) is 14.4 Å². The first-order chi connectivity index (χ1) is 13.3. The molecule has 0 spiro atoms. The van der Waals surface area contributed by atoms with Crippen LogP contribution in [0.15, 0.2) is 38.9 Å². The van der Waals surface area contributed by atoms with Crippen molar-refractivity contribution < 1.29 is 14.6 Å². The summed E-state index contributed by atoms with van der Waals surface area (Å²) >= 11 is 0.912. The topological polar surface area (TPSA) is 116 Å². The molecule has 0 amide bonds. The number of carboxylic acids is 1. The van der Waals surface area contributed by atoms with Gasteiger partial charge in [-0.05, 0) is 31.2 Å². The van der Waals surface area contributed by atoms with E-state index in [2.05, 4.69) is 9.97 Å². The van der Waals surface area contributed by atoms with Gasteiger partial charge in [-0.2, -0.15) is 0 Å². The van der Waals surface area contributed by atoms with Crippen LogP contribution in [-0.2, 0) is 18.9 Å². The number of ether oxygens (including phenoxy) is 1. The maximum atomic E-state index is 12.6. The molecule has 0 atom stereocenters. The molecule has 0 fully saturated rings. The van der Waals surface area contributed by atoms with Crippen molar-refractivity contribution >= 4 is 28.8 Å². The lowest BCUT2D eigenvalue weighted by Crippen LogP contribution is -2.37. The number of hydrogen-bond acceptors (Lipinski definition) is 7. The second-order valence-corrected chi connectivity index (χ2v) is 6.86. The zero-order chi connectivity index (χ0) is 20.4. The predicted molar refractivity (Wildman–Crippen MR) is 105 cm³/mol. The number of nitrogens with zero attached hydrogens (tertiary/aromatic N) is 4. The number of aryl methyl sites for hydroxylation is 1. The van der Waals surface area contributed by atoms with E-state index in [1.54, 1.807) is 24.3 Å². The number of hydrogen-bond donors (Lipinski definition) is 1. The van der Waals surface area contributed by atoms with Crippen molar-refractivity contribution in [1.29, 1.82) is 0 Å². The van der Waals surface area contributed by atoms with Gasteiger partial charge in [-0.3, -0.25) is 18.7 Å². The third-order valence-electron chi connectivity index (χ3n) is 4.02. The summed E-state index contributed by atoms with van der Waals surface area (Å²) in [6.45, 7) is 2.42. The van der Waals surface area contributed by atoms with Crippen LogP contribution in [0.1, 0.15) is 6.92 Å². The lowest BCUT2D eigenvalue weighted by Gasteiger charge is -2.12. The Morgan fingerprint density at radius 1 is 1.14 bits per heavy atom. The van der Waals surface area contributed by atoms with Gasteiger partial charge in [0.25, 0.3) is 5.56 Å².